The second-order valence-electron chi connectivity index (χ2n) is 8.00. The third kappa shape index (κ3) is 3.03. The summed E-state index contributed by atoms with van der Waals surface area (Å²) in [7, 11) is 3.36. The fourth-order valence-electron chi connectivity index (χ4n) is 4.69. The van der Waals surface area contributed by atoms with E-state index < -0.39 is 0 Å². The van der Waals surface area contributed by atoms with E-state index >= 15 is 0 Å². The number of imidazole rings is 1. The van der Waals surface area contributed by atoms with Gasteiger partial charge >= 0.3 is 0 Å². The second kappa shape index (κ2) is 7.68. The zero-order valence-electron chi connectivity index (χ0n) is 18.4. The van der Waals surface area contributed by atoms with Crippen molar-refractivity contribution in [2.75, 3.05) is 14.2 Å². The van der Waals surface area contributed by atoms with Gasteiger partial charge in [0.25, 0.3) is 0 Å². The highest BCUT2D eigenvalue weighted by Crippen LogP contribution is 2.42. The van der Waals surface area contributed by atoms with Crippen molar-refractivity contribution in [2.24, 2.45) is 0 Å². The van der Waals surface area contributed by atoms with Crippen molar-refractivity contribution in [1.82, 2.24) is 9.38 Å². The maximum Gasteiger partial charge on any atom is 0.147 e. The molecule has 160 valence electrons. The van der Waals surface area contributed by atoms with Gasteiger partial charge in [0.05, 0.1) is 30.9 Å². The first-order chi connectivity index (χ1) is 16.3. The lowest BCUT2D eigenvalue weighted by atomic mass is 9.95. The van der Waals surface area contributed by atoms with Gasteiger partial charge in [0, 0.05) is 22.6 Å². The topological polar surface area (TPSA) is 35.8 Å². The molecule has 0 radical (unpaired) electrons. The van der Waals surface area contributed by atoms with Gasteiger partial charge in [0.1, 0.15) is 17.1 Å². The summed E-state index contributed by atoms with van der Waals surface area (Å²) < 4.78 is 13.5. The summed E-state index contributed by atoms with van der Waals surface area (Å²) in [6.07, 6.45) is 0. The van der Waals surface area contributed by atoms with Gasteiger partial charge in [-0.2, -0.15) is 0 Å². The number of fused-ring (bicyclic) bond motifs is 4. The molecule has 0 N–H and O–H groups in total. The molecule has 0 unspecified atom stereocenters. The monoisotopic (exact) mass is 430 g/mol. The van der Waals surface area contributed by atoms with Crippen molar-refractivity contribution in [3.63, 3.8) is 0 Å². The Bertz CT molecular complexity index is 1610. The quantitative estimate of drug-likeness (QED) is 0.302. The smallest absolute Gasteiger partial charge is 0.147 e. The van der Waals surface area contributed by atoms with Crippen LogP contribution in [0.4, 0.5) is 0 Å². The molecule has 33 heavy (non-hydrogen) atoms. The standard InChI is InChI=1S/C29H22N2O2/c1-32-21-16-20(17-22(18-21)33-2)28-24-13-7-6-12-23(24)27(19-10-4-3-5-11-19)29-30-25-14-8-9-15-26(25)31(28)29/h3-18H,1-2H3. The number of ether oxygens (including phenoxy) is 2. The molecule has 4 heteroatoms. The lowest BCUT2D eigenvalue weighted by Gasteiger charge is -2.17. The first-order valence-corrected chi connectivity index (χ1v) is 10.9. The van der Waals surface area contributed by atoms with Gasteiger partial charge in [0.2, 0.25) is 0 Å². The number of nitrogens with zero attached hydrogens (tertiary/aromatic N) is 2. The minimum Gasteiger partial charge on any atom is -0.497 e. The molecule has 2 aromatic heterocycles. The van der Waals surface area contributed by atoms with Gasteiger partial charge in [-0.15, -0.1) is 0 Å². The molecule has 0 saturated carbocycles. The molecule has 0 saturated heterocycles. The second-order valence-corrected chi connectivity index (χ2v) is 8.00. The van der Waals surface area contributed by atoms with Gasteiger partial charge in [0.15, 0.2) is 0 Å². The first-order valence-electron chi connectivity index (χ1n) is 10.9. The Morgan fingerprint density at radius 2 is 1.27 bits per heavy atom. The van der Waals surface area contributed by atoms with Crippen LogP contribution in [-0.2, 0) is 0 Å². The zero-order valence-corrected chi connectivity index (χ0v) is 18.4. The molecule has 0 aliphatic heterocycles. The number of pyridine rings is 1. The summed E-state index contributed by atoms with van der Waals surface area (Å²) in [4.78, 5) is 5.11. The van der Waals surface area contributed by atoms with E-state index in [1.807, 2.05) is 18.2 Å². The van der Waals surface area contributed by atoms with Crippen molar-refractivity contribution in [2.45, 2.75) is 0 Å². The predicted molar refractivity (Wildman–Crippen MR) is 134 cm³/mol. The number of para-hydroxylation sites is 2. The summed E-state index contributed by atoms with van der Waals surface area (Å²) in [6.45, 7) is 0. The highest BCUT2D eigenvalue weighted by molar-refractivity contribution is 6.10. The molecule has 0 spiro atoms. The maximum absolute atomic E-state index is 5.60. The van der Waals surface area contributed by atoms with E-state index in [1.54, 1.807) is 14.2 Å². The molecule has 0 aliphatic rings. The molecular formula is C29H22N2O2. The molecule has 6 rings (SSSR count). The molecule has 2 heterocycles. The van der Waals surface area contributed by atoms with Gasteiger partial charge in [-0.1, -0.05) is 66.7 Å². The highest BCUT2D eigenvalue weighted by atomic mass is 16.5. The third-order valence-corrected chi connectivity index (χ3v) is 6.15. The lowest BCUT2D eigenvalue weighted by molar-refractivity contribution is 0.394. The summed E-state index contributed by atoms with van der Waals surface area (Å²) >= 11 is 0. The fourth-order valence-corrected chi connectivity index (χ4v) is 4.69. The first kappa shape index (κ1) is 19.4. The van der Waals surface area contributed by atoms with E-state index in [9.17, 15) is 0 Å². The van der Waals surface area contributed by atoms with Crippen LogP contribution >= 0.6 is 0 Å². The van der Waals surface area contributed by atoms with E-state index in [0.29, 0.717) is 0 Å². The number of hydrogen-bond acceptors (Lipinski definition) is 3. The number of aromatic nitrogens is 2. The maximum atomic E-state index is 5.60. The van der Waals surface area contributed by atoms with Crippen molar-refractivity contribution in [3.8, 4) is 33.9 Å². The van der Waals surface area contributed by atoms with Crippen LogP contribution in [0.1, 0.15) is 0 Å². The van der Waals surface area contributed by atoms with E-state index in [-0.39, 0.29) is 0 Å². The summed E-state index contributed by atoms with van der Waals surface area (Å²) in [5.74, 6) is 1.50. The molecule has 0 fully saturated rings. The van der Waals surface area contributed by atoms with Crippen LogP contribution in [-0.4, -0.2) is 23.6 Å². The minimum absolute atomic E-state index is 0.748. The number of methoxy groups -OCH3 is 2. The van der Waals surface area contributed by atoms with Crippen molar-refractivity contribution < 1.29 is 9.47 Å². The van der Waals surface area contributed by atoms with Crippen molar-refractivity contribution in [3.05, 3.63) is 97.1 Å². The van der Waals surface area contributed by atoms with Gasteiger partial charge in [-0.3, -0.25) is 4.40 Å². The molecular weight excluding hydrogens is 408 g/mol. The van der Waals surface area contributed by atoms with E-state index in [0.717, 1.165) is 61.3 Å². The summed E-state index contributed by atoms with van der Waals surface area (Å²) in [5, 5.41) is 2.30. The lowest BCUT2D eigenvalue weighted by Crippen LogP contribution is -1.99. The third-order valence-electron chi connectivity index (χ3n) is 6.15. The molecule has 0 bridgehead atoms. The van der Waals surface area contributed by atoms with Crippen LogP contribution in [0, 0.1) is 0 Å². The van der Waals surface area contributed by atoms with Crippen molar-refractivity contribution in [1.29, 1.82) is 0 Å². The molecule has 4 nitrogen and oxygen atoms in total. The molecule has 4 aromatic carbocycles. The Balaban J connectivity index is 1.87. The predicted octanol–water partition coefficient (Wildman–Crippen LogP) is 6.99. The zero-order chi connectivity index (χ0) is 22.4. The average Bonchev–Trinajstić information content (AvgIpc) is 3.26. The fraction of sp³-hybridized carbons (Fsp3) is 0.0690. The van der Waals surface area contributed by atoms with Gasteiger partial charge in [-0.05, 0) is 35.2 Å². The molecule has 0 aliphatic carbocycles. The number of hydrogen-bond donors (Lipinski definition) is 0. The van der Waals surface area contributed by atoms with Crippen molar-refractivity contribution >= 4 is 27.5 Å². The van der Waals surface area contributed by atoms with E-state index in [4.69, 9.17) is 14.5 Å². The van der Waals surface area contributed by atoms with Gasteiger partial charge in [-0.25, -0.2) is 4.98 Å². The van der Waals surface area contributed by atoms with Crippen LogP contribution in [0.25, 0.3) is 49.8 Å². The number of benzene rings is 4. The Morgan fingerprint density at radius 3 is 2.00 bits per heavy atom. The van der Waals surface area contributed by atoms with Crippen LogP contribution in [0.15, 0.2) is 97.1 Å². The Hall–Kier alpha value is -4.31. The molecule has 0 amide bonds. The van der Waals surface area contributed by atoms with E-state index in [2.05, 4.69) is 83.3 Å². The molecule has 6 aromatic rings. The number of rotatable bonds is 4. The highest BCUT2D eigenvalue weighted by Gasteiger charge is 2.21. The Kier molecular flexibility index (Phi) is 4.51. The Labute approximate surface area is 191 Å². The van der Waals surface area contributed by atoms with Crippen LogP contribution in [0.3, 0.4) is 0 Å². The summed E-state index contributed by atoms with van der Waals surface area (Å²) in [5.41, 5.74) is 7.29. The average molecular weight is 431 g/mol. The van der Waals surface area contributed by atoms with Crippen LogP contribution in [0.2, 0.25) is 0 Å². The largest absolute Gasteiger partial charge is 0.497 e. The SMILES string of the molecule is COc1cc(OC)cc(-c2c3ccccc3c(-c3ccccc3)c3nc4ccccc4n23)c1. The minimum atomic E-state index is 0.748. The van der Waals surface area contributed by atoms with Crippen LogP contribution in [0.5, 0.6) is 11.5 Å². The van der Waals surface area contributed by atoms with Gasteiger partial charge < -0.3 is 9.47 Å². The summed E-state index contributed by atoms with van der Waals surface area (Å²) in [6, 6.07) is 33.3. The normalized spacial score (nSPS) is 11.3. The molecule has 0 atom stereocenters. The van der Waals surface area contributed by atoms with E-state index in [1.165, 1.54) is 0 Å². The Morgan fingerprint density at radius 1 is 0.636 bits per heavy atom. The van der Waals surface area contributed by atoms with Crippen LogP contribution < -0.4 is 9.47 Å².